The number of hydrogen-bond donors (Lipinski definition) is 3. The number of likely N-dealkylation sites (tertiary alicyclic amines) is 1. The fraction of sp³-hybridized carbons (Fsp3) is 0.355. The van der Waals surface area contributed by atoms with Gasteiger partial charge in [0.15, 0.2) is 5.82 Å². The van der Waals surface area contributed by atoms with Crippen LogP contribution in [0.4, 0.5) is 20.4 Å². The lowest BCUT2D eigenvalue weighted by Gasteiger charge is -2.32. The highest BCUT2D eigenvalue weighted by Crippen LogP contribution is 2.39. The Bertz CT molecular complexity index is 1820. The van der Waals surface area contributed by atoms with E-state index in [2.05, 4.69) is 24.9 Å². The minimum absolute atomic E-state index is 0.130. The van der Waals surface area contributed by atoms with E-state index in [1.807, 2.05) is 0 Å². The van der Waals surface area contributed by atoms with Gasteiger partial charge in [-0.15, -0.1) is 0 Å². The average molecular weight is 644 g/mol. The van der Waals surface area contributed by atoms with Crippen LogP contribution in [-0.2, 0) is 21.2 Å². The molecule has 44 heavy (non-hydrogen) atoms. The highest BCUT2D eigenvalue weighted by Gasteiger charge is 2.30. The molecule has 0 saturated carbocycles. The van der Waals surface area contributed by atoms with Crippen molar-refractivity contribution in [1.29, 1.82) is 0 Å². The van der Waals surface area contributed by atoms with Crippen LogP contribution in [0.1, 0.15) is 36.5 Å². The Balaban J connectivity index is 1.23. The van der Waals surface area contributed by atoms with Gasteiger partial charge in [0.1, 0.15) is 5.82 Å². The Morgan fingerprint density at radius 1 is 1.11 bits per heavy atom. The van der Waals surface area contributed by atoms with Gasteiger partial charge in [0, 0.05) is 49.4 Å². The van der Waals surface area contributed by atoms with Gasteiger partial charge in [0.25, 0.3) is 10.0 Å². The van der Waals surface area contributed by atoms with E-state index in [4.69, 9.17) is 16.3 Å². The van der Waals surface area contributed by atoms with Crippen LogP contribution in [-0.4, -0.2) is 67.8 Å². The second kappa shape index (κ2) is 12.5. The zero-order valence-corrected chi connectivity index (χ0v) is 25.6. The smallest absolute Gasteiger partial charge is 0.262 e. The van der Waals surface area contributed by atoms with Crippen molar-refractivity contribution in [3.63, 3.8) is 0 Å². The number of sulfonamides is 1. The fourth-order valence-electron chi connectivity index (χ4n) is 5.93. The number of aliphatic hydroxyl groups excluding tert-OH is 1. The summed E-state index contributed by atoms with van der Waals surface area (Å²) in [6, 6.07) is 9.84. The Morgan fingerprint density at radius 3 is 2.68 bits per heavy atom. The molecule has 2 heterocycles. The van der Waals surface area contributed by atoms with Gasteiger partial charge in [0.05, 0.1) is 34.4 Å². The van der Waals surface area contributed by atoms with Crippen LogP contribution in [0, 0.1) is 11.6 Å². The molecule has 6 rings (SSSR count). The first-order chi connectivity index (χ1) is 21.1. The Hall–Kier alpha value is -3.42. The molecule has 1 aromatic heterocycles. The number of benzene rings is 3. The SMILES string of the molecule is COCCN1CCC(Nc2ncc3cc(-c4c(F)ccc(NS(=O)(=O)c5cc(Cl)cc6c5CCC6O)c4F)ccc3n2)CC1. The highest BCUT2D eigenvalue weighted by atomic mass is 35.5. The summed E-state index contributed by atoms with van der Waals surface area (Å²) in [4.78, 5) is 11.2. The third-order valence-electron chi connectivity index (χ3n) is 8.26. The van der Waals surface area contributed by atoms with E-state index >= 15 is 8.78 Å². The third kappa shape index (κ3) is 6.22. The predicted octanol–water partition coefficient (Wildman–Crippen LogP) is 5.53. The topological polar surface area (TPSA) is 117 Å². The van der Waals surface area contributed by atoms with E-state index in [9.17, 15) is 13.5 Å². The lowest BCUT2D eigenvalue weighted by atomic mass is 10.0. The summed E-state index contributed by atoms with van der Waals surface area (Å²) < 4.78 is 65.0. The number of fused-ring (bicyclic) bond motifs is 2. The summed E-state index contributed by atoms with van der Waals surface area (Å²) in [5.41, 5.74) is 0.844. The van der Waals surface area contributed by atoms with E-state index in [-0.39, 0.29) is 27.1 Å². The van der Waals surface area contributed by atoms with Gasteiger partial charge in [0.2, 0.25) is 5.95 Å². The van der Waals surface area contributed by atoms with E-state index in [1.54, 1.807) is 31.5 Å². The molecule has 1 saturated heterocycles. The maximum absolute atomic E-state index is 15.8. The molecule has 232 valence electrons. The van der Waals surface area contributed by atoms with Crippen LogP contribution in [0.5, 0.6) is 0 Å². The van der Waals surface area contributed by atoms with Crippen molar-refractivity contribution in [2.75, 3.05) is 43.4 Å². The van der Waals surface area contributed by atoms with Crippen molar-refractivity contribution >= 4 is 44.2 Å². The number of aromatic nitrogens is 2. The predicted molar refractivity (Wildman–Crippen MR) is 165 cm³/mol. The minimum atomic E-state index is -4.32. The van der Waals surface area contributed by atoms with Gasteiger partial charge in [-0.05, 0) is 78.8 Å². The summed E-state index contributed by atoms with van der Waals surface area (Å²) in [6.07, 6.45) is 3.34. The number of piperidine rings is 1. The quantitative estimate of drug-likeness (QED) is 0.218. The highest BCUT2D eigenvalue weighted by molar-refractivity contribution is 7.92. The number of methoxy groups -OCH3 is 1. The number of nitrogens with zero attached hydrogens (tertiary/aromatic N) is 3. The number of rotatable bonds is 9. The molecule has 1 atom stereocenters. The molecule has 9 nitrogen and oxygen atoms in total. The van der Waals surface area contributed by atoms with Crippen LogP contribution in [0.2, 0.25) is 5.02 Å². The summed E-state index contributed by atoms with van der Waals surface area (Å²) in [5, 5.41) is 14.3. The molecule has 3 N–H and O–H groups in total. The standard InChI is InChI=1S/C31H32ClF2N5O4S/c1-43-13-12-39-10-8-21(9-11-39)36-31-35-17-19-14-18(2-5-25(19)37-31)29-24(33)4-6-26(30(29)34)38-44(41,42)28-16-20(32)15-23-22(28)3-7-27(23)40/h2,4-6,14-17,21,27,38,40H,3,7-13H2,1H3,(H,35,36,37). The Morgan fingerprint density at radius 2 is 1.91 bits per heavy atom. The van der Waals surface area contributed by atoms with E-state index in [1.165, 1.54) is 12.1 Å². The molecular weight excluding hydrogens is 612 g/mol. The van der Waals surface area contributed by atoms with Crippen LogP contribution >= 0.6 is 11.6 Å². The van der Waals surface area contributed by atoms with E-state index in [0.29, 0.717) is 47.4 Å². The number of ether oxygens (including phenoxy) is 1. The van der Waals surface area contributed by atoms with Crippen molar-refractivity contribution in [2.45, 2.75) is 42.7 Å². The molecule has 1 fully saturated rings. The first-order valence-corrected chi connectivity index (χ1v) is 16.3. The van der Waals surface area contributed by atoms with Crippen LogP contribution < -0.4 is 10.0 Å². The average Bonchev–Trinajstić information content (AvgIpc) is 3.37. The second-order valence-corrected chi connectivity index (χ2v) is 13.2. The van der Waals surface area contributed by atoms with E-state index in [0.717, 1.165) is 44.6 Å². The van der Waals surface area contributed by atoms with Gasteiger partial charge in [-0.25, -0.2) is 27.2 Å². The van der Waals surface area contributed by atoms with Crippen molar-refractivity contribution in [3.05, 3.63) is 76.4 Å². The number of aliphatic hydroxyl groups is 1. The zero-order chi connectivity index (χ0) is 31.0. The molecule has 2 aliphatic rings. The van der Waals surface area contributed by atoms with Gasteiger partial charge < -0.3 is 20.1 Å². The molecule has 0 bridgehead atoms. The van der Waals surface area contributed by atoms with Crippen LogP contribution in [0.3, 0.4) is 0 Å². The molecule has 0 radical (unpaired) electrons. The third-order valence-corrected chi connectivity index (χ3v) is 9.91. The number of hydrogen-bond acceptors (Lipinski definition) is 8. The number of nitrogens with one attached hydrogen (secondary N) is 2. The first kappa shape index (κ1) is 30.6. The summed E-state index contributed by atoms with van der Waals surface area (Å²) in [5.74, 6) is -1.44. The minimum Gasteiger partial charge on any atom is -0.388 e. The molecular formula is C31H32ClF2N5O4S. The van der Waals surface area contributed by atoms with Crippen molar-refractivity contribution < 1.29 is 27.0 Å². The lowest BCUT2D eigenvalue weighted by Crippen LogP contribution is -2.40. The molecule has 3 aromatic carbocycles. The second-order valence-electron chi connectivity index (χ2n) is 11.1. The van der Waals surface area contributed by atoms with Gasteiger partial charge in [-0.1, -0.05) is 17.7 Å². The summed E-state index contributed by atoms with van der Waals surface area (Å²) in [7, 11) is -2.62. The van der Waals surface area contributed by atoms with Crippen molar-refractivity contribution in [2.24, 2.45) is 0 Å². The molecule has 0 amide bonds. The maximum atomic E-state index is 15.8. The summed E-state index contributed by atoms with van der Waals surface area (Å²) >= 11 is 6.14. The largest absolute Gasteiger partial charge is 0.388 e. The monoisotopic (exact) mass is 643 g/mol. The number of anilines is 2. The molecule has 0 spiro atoms. The maximum Gasteiger partial charge on any atom is 0.262 e. The summed E-state index contributed by atoms with van der Waals surface area (Å²) in [6.45, 7) is 3.52. The van der Waals surface area contributed by atoms with Gasteiger partial charge >= 0.3 is 0 Å². The molecule has 13 heteroatoms. The Labute approximate surface area is 259 Å². The van der Waals surface area contributed by atoms with Crippen LogP contribution in [0.25, 0.3) is 22.0 Å². The first-order valence-electron chi connectivity index (χ1n) is 14.4. The molecule has 1 aliphatic heterocycles. The van der Waals surface area contributed by atoms with E-state index < -0.39 is 33.4 Å². The fourth-order valence-corrected chi connectivity index (χ4v) is 7.61. The molecule has 4 aromatic rings. The number of halogens is 3. The lowest BCUT2D eigenvalue weighted by molar-refractivity contribution is 0.132. The Kier molecular flexibility index (Phi) is 8.71. The molecule has 1 unspecified atom stereocenters. The van der Waals surface area contributed by atoms with Crippen LogP contribution in [0.15, 0.2) is 53.6 Å². The zero-order valence-electron chi connectivity index (χ0n) is 24.0. The van der Waals surface area contributed by atoms with Crippen molar-refractivity contribution in [3.8, 4) is 11.1 Å². The van der Waals surface area contributed by atoms with Gasteiger partial charge in [-0.3, -0.25) is 4.72 Å². The normalized spacial score (nSPS) is 17.6. The molecule has 1 aliphatic carbocycles. The van der Waals surface area contributed by atoms with Crippen molar-refractivity contribution in [1.82, 2.24) is 14.9 Å². The van der Waals surface area contributed by atoms with Gasteiger partial charge in [-0.2, -0.15) is 0 Å².